The number of carbonyl (C=O) groups excluding carboxylic acids is 1. The highest BCUT2D eigenvalue weighted by Crippen LogP contribution is 2.44. The zero-order valence-corrected chi connectivity index (χ0v) is 11.4. The number of pyridine rings is 1. The monoisotopic (exact) mass is 314 g/mol. The zero-order valence-electron chi connectivity index (χ0n) is 9.86. The van der Waals surface area contributed by atoms with Gasteiger partial charge in [-0.1, -0.05) is 0 Å². The molecule has 1 fully saturated rings. The lowest BCUT2D eigenvalue weighted by Crippen LogP contribution is -2.36. The van der Waals surface area contributed by atoms with Gasteiger partial charge >= 0.3 is 0 Å². The normalized spacial score (nSPS) is 16.3. The number of hydrogen-bond donors (Lipinski definition) is 2. The maximum absolute atomic E-state index is 11.7. The number of aliphatic hydroxyl groups is 1. The fourth-order valence-electron chi connectivity index (χ4n) is 1.69. The molecule has 0 saturated heterocycles. The summed E-state index contributed by atoms with van der Waals surface area (Å²) in [6, 6.07) is 3.05. The zero-order chi connectivity index (χ0) is 13.2. The van der Waals surface area contributed by atoms with Crippen LogP contribution in [0.5, 0.6) is 0 Å². The first-order valence-electron chi connectivity index (χ1n) is 5.78. The van der Waals surface area contributed by atoms with Gasteiger partial charge in [-0.2, -0.15) is 0 Å². The molecule has 0 aromatic carbocycles. The molecule has 0 atom stereocenters. The summed E-state index contributed by atoms with van der Waals surface area (Å²) < 4.78 is 2.10. The van der Waals surface area contributed by atoms with E-state index in [-0.39, 0.29) is 30.0 Å². The van der Waals surface area contributed by atoms with E-state index < -0.39 is 0 Å². The molecule has 18 heavy (non-hydrogen) atoms. The molecule has 1 amide bonds. The number of aliphatic hydroxyl groups excluding tert-OH is 1. The quantitative estimate of drug-likeness (QED) is 0.831. The smallest absolute Gasteiger partial charge is 0.251 e. The van der Waals surface area contributed by atoms with Crippen LogP contribution in [-0.2, 0) is 11.3 Å². The van der Waals surface area contributed by atoms with Crippen LogP contribution in [0.4, 0.5) is 0 Å². The highest BCUT2D eigenvalue weighted by atomic mass is 79.9. The van der Waals surface area contributed by atoms with Gasteiger partial charge in [0.05, 0.1) is 6.61 Å². The van der Waals surface area contributed by atoms with Gasteiger partial charge < -0.3 is 15.0 Å². The summed E-state index contributed by atoms with van der Waals surface area (Å²) in [5.41, 5.74) is -0.325. The predicted molar refractivity (Wildman–Crippen MR) is 70.2 cm³/mol. The number of nitrogens with one attached hydrogen (secondary N) is 1. The molecule has 0 aliphatic heterocycles. The summed E-state index contributed by atoms with van der Waals surface area (Å²) in [6.45, 7) is 0.578. The van der Waals surface area contributed by atoms with E-state index >= 15 is 0 Å². The molecule has 0 radical (unpaired) electrons. The van der Waals surface area contributed by atoms with E-state index in [9.17, 15) is 9.59 Å². The molecule has 0 bridgehead atoms. The lowest BCUT2D eigenvalue weighted by atomic mass is 10.1. The average molecular weight is 315 g/mol. The van der Waals surface area contributed by atoms with Crippen LogP contribution in [0.3, 0.4) is 0 Å². The molecule has 1 aromatic heterocycles. The van der Waals surface area contributed by atoms with Crippen LogP contribution in [0.15, 0.2) is 27.6 Å². The van der Waals surface area contributed by atoms with Gasteiger partial charge in [0.1, 0.15) is 6.54 Å². The summed E-state index contributed by atoms with van der Waals surface area (Å²) >= 11 is 3.25. The third kappa shape index (κ3) is 3.20. The largest absolute Gasteiger partial charge is 0.396 e. The maximum Gasteiger partial charge on any atom is 0.251 e. The third-order valence-corrected chi connectivity index (χ3v) is 3.68. The molecule has 1 aromatic rings. The van der Waals surface area contributed by atoms with Gasteiger partial charge in [0.2, 0.25) is 5.91 Å². The van der Waals surface area contributed by atoms with Crippen LogP contribution in [-0.4, -0.2) is 28.7 Å². The van der Waals surface area contributed by atoms with Gasteiger partial charge in [0, 0.05) is 28.7 Å². The van der Waals surface area contributed by atoms with Crippen molar-refractivity contribution in [2.45, 2.75) is 19.4 Å². The molecule has 1 aliphatic carbocycles. The van der Waals surface area contributed by atoms with E-state index in [2.05, 4.69) is 21.2 Å². The van der Waals surface area contributed by atoms with Gasteiger partial charge in [0.25, 0.3) is 5.56 Å². The van der Waals surface area contributed by atoms with Crippen LogP contribution >= 0.6 is 15.9 Å². The van der Waals surface area contributed by atoms with Crippen molar-refractivity contribution in [3.8, 4) is 0 Å². The topological polar surface area (TPSA) is 71.3 Å². The summed E-state index contributed by atoms with van der Waals surface area (Å²) in [5.74, 6) is -0.213. The van der Waals surface area contributed by atoms with Crippen molar-refractivity contribution >= 4 is 21.8 Å². The van der Waals surface area contributed by atoms with Gasteiger partial charge in [-0.3, -0.25) is 9.59 Å². The second kappa shape index (κ2) is 5.24. The maximum atomic E-state index is 11.7. The Balaban J connectivity index is 1.91. The van der Waals surface area contributed by atoms with E-state index in [1.807, 2.05) is 0 Å². The van der Waals surface area contributed by atoms with E-state index in [1.165, 1.54) is 10.6 Å². The molecule has 98 valence electrons. The van der Waals surface area contributed by atoms with Crippen LogP contribution in [0.1, 0.15) is 12.8 Å². The molecule has 0 spiro atoms. The fourth-order valence-corrected chi connectivity index (χ4v) is 2.07. The third-order valence-electron chi connectivity index (χ3n) is 3.21. The molecular weight excluding hydrogens is 300 g/mol. The molecule has 2 N–H and O–H groups in total. The standard InChI is InChI=1S/C12H15BrN2O3/c13-9-1-2-11(18)15(5-9)6-10(17)14-7-12(8-16)3-4-12/h1-2,5,16H,3-4,6-8H2,(H,14,17). The molecule has 1 aliphatic rings. The number of aromatic nitrogens is 1. The number of amides is 1. The van der Waals surface area contributed by atoms with Crippen molar-refractivity contribution in [2.24, 2.45) is 5.41 Å². The Hall–Kier alpha value is -1.14. The molecular formula is C12H15BrN2O3. The van der Waals surface area contributed by atoms with Gasteiger partial charge in [-0.15, -0.1) is 0 Å². The Morgan fingerprint density at radius 3 is 2.83 bits per heavy atom. The Kier molecular flexibility index (Phi) is 3.87. The Morgan fingerprint density at radius 1 is 1.50 bits per heavy atom. The van der Waals surface area contributed by atoms with E-state index in [0.29, 0.717) is 6.54 Å². The lowest BCUT2D eigenvalue weighted by Gasteiger charge is -2.13. The summed E-state index contributed by atoms with van der Waals surface area (Å²) in [4.78, 5) is 23.2. The minimum atomic E-state index is -0.213. The summed E-state index contributed by atoms with van der Waals surface area (Å²) in [5, 5.41) is 11.9. The predicted octanol–water partition coefficient (Wildman–Crippen LogP) is 0.499. The molecule has 2 rings (SSSR count). The number of nitrogens with zero attached hydrogens (tertiary/aromatic N) is 1. The van der Waals surface area contributed by atoms with Crippen molar-refractivity contribution in [2.75, 3.05) is 13.2 Å². The molecule has 0 unspecified atom stereocenters. The van der Waals surface area contributed by atoms with Crippen LogP contribution in [0.25, 0.3) is 0 Å². The Bertz CT molecular complexity index is 508. The number of hydrogen-bond acceptors (Lipinski definition) is 3. The van der Waals surface area contributed by atoms with Crippen molar-refractivity contribution < 1.29 is 9.90 Å². The minimum Gasteiger partial charge on any atom is -0.396 e. The highest BCUT2D eigenvalue weighted by Gasteiger charge is 2.41. The van der Waals surface area contributed by atoms with Gasteiger partial charge in [-0.25, -0.2) is 0 Å². The Labute approximate surface area is 113 Å². The van der Waals surface area contributed by atoms with E-state index in [0.717, 1.165) is 17.3 Å². The second-order valence-corrected chi connectivity index (χ2v) is 5.66. The van der Waals surface area contributed by atoms with Crippen molar-refractivity contribution in [1.82, 2.24) is 9.88 Å². The van der Waals surface area contributed by atoms with Gasteiger partial charge in [-0.05, 0) is 34.8 Å². The molecule has 6 heteroatoms. The Morgan fingerprint density at radius 2 is 2.22 bits per heavy atom. The second-order valence-electron chi connectivity index (χ2n) is 4.75. The minimum absolute atomic E-state index is 0.000216. The van der Waals surface area contributed by atoms with E-state index in [4.69, 9.17) is 5.11 Å². The molecule has 5 nitrogen and oxygen atoms in total. The average Bonchev–Trinajstić information content (AvgIpc) is 3.12. The molecule has 1 saturated carbocycles. The number of halogens is 1. The van der Waals surface area contributed by atoms with E-state index in [1.54, 1.807) is 12.3 Å². The summed E-state index contributed by atoms with van der Waals surface area (Å²) in [6.07, 6.45) is 3.47. The fraction of sp³-hybridized carbons (Fsp3) is 0.500. The van der Waals surface area contributed by atoms with Crippen molar-refractivity contribution in [1.29, 1.82) is 0 Å². The summed E-state index contributed by atoms with van der Waals surface area (Å²) in [7, 11) is 0. The first-order chi connectivity index (χ1) is 8.54. The van der Waals surface area contributed by atoms with Gasteiger partial charge in [0.15, 0.2) is 0 Å². The number of carbonyl (C=O) groups is 1. The first kappa shape index (κ1) is 13.3. The van der Waals surface area contributed by atoms with Crippen molar-refractivity contribution in [3.63, 3.8) is 0 Å². The molecule has 1 heterocycles. The number of rotatable bonds is 5. The van der Waals surface area contributed by atoms with Crippen LogP contribution < -0.4 is 10.9 Å². The SMILES string of the molecule is O=C(Cn1cc(Br)ccc1=O)NCC1(CO)CC1. The lowest BCUT2D eigenvalue weighted by molar-refractivity contribution is -0.122. The van der Waals surface area contributed by atoms with Crippen molar-refractivity contribution in [3.05, 3.63) is 33.2 Å². The van der Waals surface area contributed by atoms with Crippen LogP contribution in [0, 0.1) is 5.41 Å². The highest BCUT2D eigenvalue weighted by molar-refractivity contribution is 9.10. The van der Waals surface area contributed by atoms with Crippen LogP contribution in [0.2, 0.25) is 0 Å². The first-order valence-corrected chi connectivity index (χ1v) is 6.58.